The van der Waals surface area contributed by atoms with Gasteiger partial charge in [0.25, 0.3) is 0 Å². The van der Waals surface area contributed by atoms with E-state index in [1.807, 2.05) is 27.7 Å². The average molecular weight is 474 g/mol. The Morgan fingerprint density at radius 2 is 1.21 bits per heavy atom. The van der Waals surface area contributed by atoms with Crippen LogP contribution in [-0.4, -0.2) is 19.9 Å². The maximum Gasteiger partial charge on any atom is 0.120 e. The third-order valence-electron chi connectivity index (χ3n) is 3.31. The maximum absolute atomic E-state index is 4.22. The van der Waals surface area contributed by atoms with Crippen LogP contribution in [0.2, 0.25) is 0 Å². The zero-order chi connectivity index (χ0) is 16.9. The summed E-state index contributed by atoms with van der Waals surface area (Å²) in [6.07, 6.45) is 1.40. The van der Waals surface area contributed by atoms with E-state index < -0.39 is 0 Å². The van der Waals surface area contributed by atoms with Crippen LogP contribution in [0.5, 0.6) is 0 Å². The topological polar surface area (TPSA) is 51.6 Å². The molecule has 6 heteroatoms. The molecule has 0 atom stereocenters. The van der Waals surface area contributed by atoms with Gasteiger partial charge >= 0.3 is 0 Å². The van der Waals surface area contributed by atoms with Gasteiger partial charge in [-0.25, -0.2) is 13.3 Å². The van der Waals surface area contributed by atoms with Crippen LogP contribution in [-0.2, 0) is 78.3 Å². The molecule has 0 bridgehead atoms. The fourth-order valence-electron chi connectivity index (χ4n) is 2.15. The third kappa shape index (κ3) is 7.55. The Morgan fingerprint density at radius 1 is 0.708 bits per heavy atom. The smallest absolute Gasteiger partial charge is 0.120 e. The summed E-state index contributed by atoms with van der Waals surface area (Å²) >= 11 is 0. The van der Waals surface area contributed by atoms with Crippen molar-refractivity contribution in [2.75, 3.05) is 0 Å². The normalized spacial score (nSPS) is 9.25. The van der Waals surface area contributed by atoms with Crippen LogP contribution in [0, 0.1) is 55.4 Å². The zero-order valence-electron chi connectivity index (χ0n) is 15.2. The van der Waals surface area contributed by atoms with E-state index in [9.17, 15) is 0 Å². The molecular weight excluding hydrogens is 450 g/mol. The van der Waals surface area contributed by atoms with Crippen LogP contribution in [0.3, 0.4) is 0 Å². The molecule has 2 radical (unpaired) electrons. The molecule has 0 fully saturated rings. The molecule has 0 unspecified atom stereocenters. The fourth-order valence-corrected chi connectivity index (χ4v) is 2.15. The van der Waals surface area contributed by atoms with Crippen LogP contribution in [0.15, 0.2) is 0 Å². The SMILES string of the molecule is [CH2-]Cc1c([CH2-])nc(C)nc1C.[CH2-]Cc1nc(C)nc(C)c1[CH2-].[Y].[Y]. The predicted molar refractivity (Wildman–Crippen MR) is 90.1 cm³/mol. The first-order valence-corrected chi connectivity index (χ1v) is 7.20. The largest absolute Gasteiger partial charge is 0.355 e. The van der Waals surface area contributed by atoms with Crippen LogP contribution in [0.1, 0.15) is 45.6 Å². The standard InChI is InChI=1S/2C9H12N2.2Y/c1-5-9-6(2)10-8(4)11-7(9)3;1-5-9-6(2)7(3)10-8(4)11-9;;/h2*1-2,5H2,3-4H3;;/q2*-2;;. The van der Waals surface area contributed by atoms with Gasteiger partial charge in [-0.05, 0) is 26.5 Å². The molecule has 2 rings (SSSR count). The number of hydrogen-bond donors (Lipinski definition) is 0. The first-order chi connectivity index (χ1) is 10.3. The van der Waals surface area contributed by atoms with Gasteiger partial charge in [-0.3, -0.25) is 9.97 Å². The van der Waals surface area contributed by atoms with Crippen LogP contribution in [0.25, 0.3) is 0 Å². The van der Waals surface area contributed by atoms with E-state index in [4.69, 9.17) is 0 Å². The van der Waals surface area contributed by atoms with Gasteiger partial charge in [0.15, 0.2) is 0 Å². The van der Waals surface area contributed by atoms with Crippen molar-refractivity contribution in [3.8, 4) is 0 Å². The second-order valence-electron chi connectivity index (χ2n) is 5.06. The molecule has 4 nitrogen and oxygen atoms in total. The van der Waals surface area contributed by atoms with Crippen molar-refractivity contribution in [1.29, 1.82) is 0 Å². The van der Waals surface area contributed by atoms with Gasteiger partial charge in [-0.15, -0.1) is 0 Å². The van der Waals surface area contributed by atoms with E-state index in [-0.39, 0.29) is 65.4 Å². The Hall–Kier alpha value is 0.108. The molecule has 0 N–H and O–H groups in total. The molecule has 0 amide bonds. The molecule has 126 valence electrons. The van der Waals surface area contributed by atoms with Gasteiger partial charge in [0.1, 0.15) is 5.82 Å². The van der Waals surface area contributed by atoms with Crippen LogP contribution >= 0.6 is 0 Å². The third-order valence-corrected chi connectivity index (χ3v) is 3.31. The summed E-state index contributed by atoms with van der Waals surface area (Å²) in [6, 6.07) is 0. The van der Waals surface area contributed by atoms with Gasteiger partial charge in [0, 0.05) is 65.4 Å². The summed E-state index contributed by atoms with van der Waals surface area (Å²) < 4.78 is 0. The quantitative estimate of drug-likeness (QED) is 0.628. The van der Waals surface area contributed by atoms with Crippen molar-refractivity contribution >= 4 is 0 Å². The van der Waals surface area contributed by atoms with E-state index in [0.29, 0.717) is 12.8 Å². The number of rotatable bonds is 2. The molecule has 0 aliphatic carbocycles. The number of aryl methyl sites for hydroxylation is 4. The molecule has 2 aromatic heterocycles. The maximum atomic E-state index is 4.22. The van der Waals surface area contributed by atoms with Crippen molar-refractivity contribution in [1.82, 2.24) is 19.9 Å². The minimum absolute atomic E-state index is 0. The minimum Gasteiger partial charge on any atom is -0.355 e. The van der Waals surface area contributed by atoms with Gasteiger partial charge < -0.3 is 23.8 Å². The Bertz CT molecular complexity index is 635. The number of hydrogen-bond acceptors (Lipinski definition) is 4. The van der Waals surface area contributed by atoms with E-state index >= 15 is 0 Å². The van der Waals surface area contributed by atoms with E-state index in [1.54, 1.807) is 0 Å². The Morgan fingerprint density at radius 3 is 1.67 bits per heavy atom. The van der Waals surface area contributed by atoms with Gasteiger partial charge in [0.2, 0.25) is 0 Å². The Labute approximate surface area is 197 Å². The molecule has 0 aliphatic rings. The molecule has 0 saturated heterocycles. The number of nitrogens with zero attached hydrogens (tertiary/aromatic N) is 4. The second-order valence-corrected chi connectivity index (χ2v) is 5.06. The summed E-state index contributed by atoms with van der Waals surface area (Å²) in [7, 11) is 0. The zero-order valence-corrected chi connectivity index (χ0v) is 20.9. The fraction of sp³-hybridized carbons (Fsp3) is 0.333. The second kappa shape index (κ2) is 12.5. The molecular formula is C18H24N4Y2-4. The van der Waals surface area contributed by atoms with Crippen LogP contribution in [0.4, 0.5) is 0 Å². The average Bonchev–Trinajstić information content (AvgIpc) is 2.43. The van der Waals surface area contributed by atoms with Crippen molar-refractivity contribution in [3.63, 3.8) is 0 Å². The van der Waals surface area contributed by atoms with Crippen molar-refractivity contribution in [3.05, 3.63) is 73.2 Å². The minimum atomic E-state index is 0. The predicted octanol–water partition coefficient (Wildman–Crippen LogP) is 3.30. The van der Waals surface area contributed by atoms with E-state index in [0.717, 1.165) is 45.6 Å². The summed E-state index contributed by atoms with van der Waals surface area (Å²) in [5.41, 5.74) is 5.70. The van der Waals surface area contributed by atoms with Gasteiger partial charge in [0.05, 0.1) is 5.82 Å². The summed E-state index contributed by atoms with van der Waals surface area (Å²) in [6.45, 7) is 22.9. The van der Waals surface area contributed by atoms with Crippen LogP contribution < -0.4 is 0 Å². The van der Waals surface area contributed by atoms with Crippen molar-refractivity contribution in [2.45, 2.75) is 40.5 Å². The molecule has 0 saturated carbocycles. The molecule has 0 spiro atoms. The van der Waals surface area contributed by atoms with Gasteiger partial charge in [-0.2, -0.15) is 24.5 Å². The van der Waals surface area contributed by atoms with Crippen molar-refractivity contribution < 1.29 is 65.4 Å². The monoisotopic (exact) mass is 474 g/mol. The molecule has 0 aliphatic heterocycles. The first kappa shape index (κ1) is 26.3. The van der Waals surface area contributed by atoms with E-state index in [2.05, 4.69) is 47.6 Å². The summed E-state index contributed by atoms with van der Waals surface area (Å²) in [4.78, 5) is 16.8. The summed E-state index contributed by atoms with van der Waals surface area (Å²) in [5.74, 6) is 1.58. The first-order valence-electron chi connectivity index (χ1n) is 7.20. The van der Waals surface area contributed by atoms with Gasteiger partial charge in [-0.1, -0.05) is 24.0 Å². The molecule has 2 heterocycles. The Kier molecular flexibility index (Phi) is 13.7. The molecule has 24 heavy (non-hydrogen) atoms. The molecule has 0 aromatic carbocycles. The van der Waals surface area contributed by atoms with E-state index in [1.165, 1.54) is 0 Å². The van der Waals surface area contributed by atoms with Crippen molar-refractivity contribution in [2.24, 2.45) is 0 Å². The summed E-state index contributed by atoms with van der Waals surface area (Å²) in [5, 5.41) is 0. The number of aromatic nitrogens is 4. The molecule has 2 aromatic rings. The Balaban J connectivity index is 0.